The van der Waals surface area contributed by atoms with E-state index >= 15 is 0 Å². The lowest BCUT2D eigenvalue weighted by Crippen LogP contribution is -2.30. The second-order valence-corrected chi connectivity index (χ2v) is 7.09. The van der Waals surface area contributed by atoms with Crippen molar-refractivity contribution in [3.8, 4) is 11.5 Å². The van der Waals surface area contributed by atoms with Gasteiger partial charge in [-0.05, 0) is 36.6 Å². The van der Waals surface area contributed by atoms with E-state index in [0.717, 1.165) is 29.8 Å². The van der Waals surface area contributed by atoms with Gasteiger partial charge in [-0.3, -0.25) is 9.79 Å². The number of nitrogens with one attached hydrogen (secondary N) is 2. The predicted octanol–water partition coefficient (Wildman–Crippen LogP) is 4.02. The first-order chi connectivity index (χ1) is 14.6. The average molecular weight is 538 g/mol. The standard InChI is InChI=1S/C23H30N4O3.HI/c1-4-30-21-14-19(10-11-20(21)29-3)26-23(24-2)25-15-17-7-5-8-18(13-17)16-27-12-6-9-22(27)28;/h5,7-8,10-11,13-14H,4,6,9,12,15-16H2,1-3H3,(H2,24,25,26);1H. The van der Waals surface area contributed by atoms with Crippen LogP contribution in [0.2, 0.25) is 0 Å². The molecule has 0 saturated carbocycles. The Morgan fingerprint density at radius 3 is 2.65 bits per heavy atom. The maximum atomic E-state index is 11.9. The minimum Gasteiger partial charge on any atom is -0.493 e. The van der Waals surface area contributed by atoms with Gasteiger partial charge in [0, 0.05) is 44.9 Å². The van der Waals surface area contributed by atoms with Crippen LogP contribution in [0.15, 0.2) is 47.5 Å². The molecule has 31 heavy (non-hydrogen) atoms. The molecule has 0 aliphatic carbocycles. The first-order valence-electron chi connectivity index (χ1n) is 10.3. The van der Waals surface area contributed by atoms with Crippen molar-refractivity contribution in [2.24, 2.45) is 4.99 Å². The highest BCUT2D eigenvalue weighted by Crippen LogP contribution is 2.30. The van der Waals surface area contributed by atoms with E-state index in [1.165, 1.54) is 0 Å². The van der Waals surface area contributed by atoms with Crippen LogP contribution in [0.1, 0.15) is 30.9 Å². The molecule has 7 nitrogen and oxygen atoms in total. The Morgan fingerprint density at radius 2 is 1.97 bits per heavy atom. The van der Waals surface area contributed by atoms with Crippen molar-refractivity contribution in [3.63, 3.8) is 0 Å². The molecule has 1 saturated heterocycles. The first kappa shape index (κ1) is 24.8. The van der Waals surface area contributed by atoms with E-state index in [-0.39, 0.29) is 29.9 Å². The Labute approximate surface area is 201 Å². The summed E-state index contributed by atoms with van der Waals surface area (Å²) in [5.41, 5.74) is 3.13. The number of anilines is 1. The highest BCUT2D eigenvalue weighted by Gasteiger charge is 2.19. The van der Waals surface area contributed by atoms with Gasteiger partial charge < -0.3 is 25.0 Å². The zero-order valence-corrected chi connectivity index (χ0v) is 20.6. The summed E-state index contributed by atoms with van der Waals surface area (Å²) >= 11 is 0. The Bertz CT molecular complexity index is 904. The third kappa shape index (κ3) is 7.02. The molecule has 0 unspecified atom stereocenters. The molecule has 1 amide bonds. The second-order valence-electron chi connectivity index (χ2n) is 7.09. The third-order valence-corrected chi connectivity index (χ3v) is 4.95. The third-order valence-electron chi connectivity index (χ3n) is 4.95. The molecule has 1 fully saturated rings. The molecule has 0 atom stereocenters. The van der Waals surface area contributed by atoms with Gasteiger partial charge in [-0.15, -0.1) is 24.0 Å². The number of amides is 1. The molecule has 3 rings (SSSR count). The number of methoxy groups -OCH3 is 1. The Balaban J connectivity index is 0.00000341. The predicted molar refractivity (Wildman–Crippen MR) is 134 cm³/mol. The van der Waals surface area contributed by atoms with Crippen LogP contribution in [0.25, 0.3) is 0 Å². The summed E-state index contributed by atoms with van der Waals surface area (Å²) in [4.78, 5) is 18.1. The molecule has 168 valence electrons. The van der Waals surface area contributed by atoms with E-state index in [1.54, 1.807) is 14.2 Å². The second kappa shape index (κ2) is 12.4. The smallest absolute Gasteiger partial charge is 0.222 e. The normalized spacial score (nSPS) is 13.6. The van der Waals surface area contributed by atoms with Crippen LogP contribution in [0.4, 0.5) is 5.69 Å². The summed E-state index contributed by atoms with van der Waals surface area (Å²) in [5.74, 6) is 2.28. The molecule has 0 spiro atoms. The quantitative estimate of drug-likeness (QED) is 0.302. The SMILES string of the molecule is CCOc1cc(NC(=NC)NCc2cccc(CN3CCCC3=O)c2)ccc1OC.I. The van der Waals surface area contributed by atoms with E-state index in [4.69, 9.17) is 9.47 Å². The van der Waals surface area contributed by atoms with Gasteiger partial charge in [0.1, 0.15) is 0 Å². The number of carbonyl (C=O) groups excluding carboxylic acids is 1. The number of nitrogens with zero attached hydrogens (tertiary/aromatic N) is 2. The molecular formula is C23H31IN4O3. The van der Waals surface area contributed by atoms with Gasteiger partial charge in [0.15, 0.2) is 17.5 Å². The fourth-order valence-electron chi connectivity index (χ4n) is 3.45. The van der Waals surface area contributed by atoms with Crippen molar-refractivity contribution < 1.29 is 14.3 Å². The summed E-state index contributed by atoms with van der Waals surface area (Å²) in [7, 11) is 3.36. The number of hydrogen-bond donors (Lipinski definition) is 2. The van der Waals surface area contributed by atoms with Crippen molar-refractivity contribution in [3.05, 3.63) is 53.6 Å². The van der Waals surface area contributed by atoms with Crippen LogP contribution in [0, 0.1) is 0 Å². The van der Waals surface area contributed by atoms with E-state index in [9.17, 15) is 4.79 Å². The molecule has 0 aromatic heterocycles. The maximum absolute atomic E-state index is 11.9. The van der Waals surface area contributed by atoms with Gasteiger partial charge in [-0.25, -0.2) is 0 Å². The highest BCUT2D eigenvalue weighted by atomic mass is 127. The minimum atomic E-state index is 0. The number of benzene rings is 2. The summed E-state index contributed by atoms with van der Waals surface area (Å²) in [6.07, 6.45) is 1.62. The molecule has 1 aliphatic rings. The van der Waals surface area contributed by atoms with Gasteiger partial charge in [-0.2, -0.15) is 0 Å². The minimum absolute atomic E-state index is 0. The fourth-order valence-corrected chi connectivity index (χ4v) is 3.45. The van der Waals surface area contributed by atoms with Crippen LogP contribution < -0.4 is 20.1 Å². The molecule has 8 heteroatoms. The number of aliphatic imine (C=N–C) groups is 1. The Hall–Kier alpha value is -2.49. The van der Waals surface area contributed by atoms with E-state index in [1.807, 2.05) is 36.1 Å². The van der Waals surface area contributed by atoms with Crippen molar-refractivity contribution in [1.29, 1.82) is 0 Å². The van der Waals surface area contributed by atoms with Crippen LogP contribution >= 0.6 is 24.0 Å². The lowest BCUT2D eigenvalue weighted by Gasteiger charge is -2.17. The van der Waals surface area contributed by atoms with Crippen LogP contribution in [0.3, 0.4) is 0 Å². The van der Waals surface area contributed by atoms with Crippen LogP contribution in [-0.4, -0.2) is 44.1 Å². The Morgan fingerprint density at radius 1 is 1.16 bits per heavy atom. The first-order valence-corrected chi connectivity index (χ1v) is 10.3. The number of hydrogen-bond acceptors (Lipinski definition) is 4. The van der Waals surface area contributed by atoms with Gasteiger partial charge in [0.05, 0.1) is 13.7 Å². The molecule has 0 radical (unpaired) electrons. The number of carbonyl (C=O) groups is 1. The lowest BCUT2D eigenvalue weighted by molar-refractivity contribution is -0.128. The van der Waals surface area contributed by atoms with Crippen LogP contribution in [-0.2, 0) is 17.9 Å². The maximum Gasteiger partial charge on any atom is 0.222 e. The number of ether oxygens (including phenoxy) is 2. The molecule has 2 aromatic rings. The highest BCUT2D eigenvalue weighted by molar-refractivity contribution is 14.0. The van der Waals surface area contributed by atoms with Crippen molar-refractivity contribution in [2.45, 2.75) is 32.9 Å². The summed E-state index contributed by atoms with van der Waals surface area (Å²) in [5, 5.41) is 6.61. The fraction of sp³-hybridized carbons (Fsp3) is 0.391. The number of halogens is 1. The molecular weight excluding hydrogens is 507 g/mol. The van der Waals surface area contributed by atoms with Crippen molar-refractivity contribution >= 4 is 41.5 Å². The van der Waals surface area contributed by atoms with E-state index in [2.05, 4.69) is 33.8 Å². The molecule has 1 heterocycles. The monoisotopic (exact) mass is 538 g/mol. The van der Waals surface area contributed by atoms with Crippen molar-refractivity contribution in [2.75, 3.05) is 32.6 Å². The lowest BCUT2D eigenvalue weighted by atomic mass is 10.1. The number of guanidine groups is 1. The van der Waals surface area contributed by atoms with E-state index < -0.39 is 0 Å². The van der Waals surface area contributed by atoms with Gasteiger partial charge in [0.25, 0.3) is 0 Å². The largest absolute Gasteiger partial charge is 0.493 e. The summed E-state index contributed by atoms with van der Waals surface area (Å²) in [6, 6.07) is 14.0. The van der Waals surface area contributed by atoms with Gasteiger partial charge >= 0.3 is 0 Å². The average Bonchev–Trinajstić information content (AvgIpc) is 3.16. The summed E-state index contributed by atoms with van der Waals surface area (Å²) < 4.78 is 11.0. The molecule has 2 aromatic carbocycles. The van der Waals surface area contributed by atoms with Gasteiger partial charge in [0.2, 0.25) is 5.91 Å². The van der Waals surface area contributed by atoms with Gasteiger partial charge in [-0.1, -0.05) is 24.3 Å². The molecule has 0 bridgehead atoms. The summed E-state index contributed by atoms with van der Waals surface area (Å²) in [6.45, 7) is 4.64. The number of likely N-dealkylation sites (tertiary alicyclic amines) is 1. The van der Waals surface area contributed by atoms with Crippen molar-refractivity contribution in [1.82, 2.24) is 10.2 Å². The molecule has 2 N–H and O–H groups in total. The zero-order chi connectivity index (χ0) is 21.3. The topological polar surface area (TPSA) is 75.2 Å². The van der Waals surface area contributed by atoms with Crippen LogP contribution in [0.5, 0.6) is 11.5 Å². The van der Waals surface area contributed by atoms with E-state index in [0.29, 0.717) is 43.6 Å². The number of rotatable bonds is 8. The molecule has 1 aliphatic heterocycles. The Kier molecular flexibility index (Phi) is 9.90. The zero-order valence-electron chi connectivity index (χ0n) is 18.3.